The first-order valence-corrected chi connectivity index (χ1v) is 10.3. The van der Waals surface area contributed by atoms with Crippen LogP contribution < -0.4 is 16.4 Å². The van der Waals surface area contributed by atoms with E-state index in [0.717, 1.165) is 12.0 Å². The van der Waals surface area contributed by atoms with Gasteiger partial charge in [-0.15, -0.1) is 0 Å². The number of anilines is 1. The van der Waals surface area contributed by atoms with E-state index >= 15 is 0 Å². The van der Waals surface area contributed by atoms with Crippen molar-refractivity contribution in [1.29, 1.82) is 0 Å². The fraction of sp³-hybridized carbons (Fsp3) is 0.348. The van der Waals surface area contributed by atoms with Gasteiger partial charge in [-0.05, 0) is 50.0 Å². The molecular formula is C23H28N4O3. The molecule has 2 aromatic rings. The van der Waals surface area contributed by atoms with Crippen LogP contribution in [0.1, 0.15) is 28.8 Å². The molecule has 0 saturated carbocycles. The van der Waals surface area contributed by atoms with Gasteiger partial charge in [-0.25, -0.2) is 0 Å². The van der Waals surface area contributed by atoms with Crippen molar-refractivity contribution in [2.75, 3.05) is 31.5 Å². The first-order chi connectivity index (χ1) is 14.5. The molecule has 158 valence electrons. The first-order valence-electron chi connectivity index (χ1n) is 10.3. The molecule has 0 unspecified atom stereocenters. The molecule has 3 amide bonds. The highest BCUT2D eigenvalue weighted by Crippen LogP contribution is 2.18. The van der Waals surface area contributed by atoms with Gasteiger partial charge in [-0.1, -0.05) is 42.5 Å². The Hall–Kier alpha value is -3.19. The van der Waals surface area contributed by atoms with Crippen molar-refractivity contribution < 1.29 is 14.4 Å². The van der Waals surface area contributed by atoms with E-state index in [9.17, 15) is 14.4 Å². The van der Waals surface area contributed by atoms with Crippen LogP contribution in [0.2, 0.25) is 0 Å². The molecule has 0 aliphatic carbocycles. The Morgan fingerprint density at radius 1 is 0.967 bits per heavy atom. The molecule has 0 radical (unpaired) electrons. The van der Waals surface area contributed by atoms with Crippen molar-refractivity contribution in [3.05, 3.63) is 65.7 Å². The molecule has 0 spiro atoms. The van der Waals surface area contributed by atoms with Crippen molar-refractivity contribution in [2.45, 2.75) is 19.3 Å². The third-order valence-electron chi connectivity index (χ3n) is 5.34. The molecule has 7 heteroatoms. The molecule has 4 N–H and O–H groups in total. The number of amides is 3. The molecule has 30 heavy (non-hydrogen) atoms. The number of benzene rings is 2. The van der Waals surface area contributed by atoms with Crippen LogP contribution in [0.4, 0.5) is 5.69 Å². The maximum absolute atomic E-state index is 12.6. The van der Waals surface area contributed by atoms with Gasteiger partial charge < -0.3 is 16.4 Å². The number of hydrogen-bond donors (Lipinski definition) is 3. The highest BCUT2D eigenvalue weighted by atomic mass is 16.2. The van der Waals surface area contributed by atoms with E-state index in [-0.39, 0.29) is 30.2 Å². The Morgan fingerprint density at radius 3 is 2.33 bits per heavy atom. The lowest BCUT2D eigenvalue weighted by atomic mass is 9.96. The summed E-state index contributed by atoms with van der Waals surface area (Å²) >= 11 is 0. The van der Waals surface area contributed by atoms with Gasteiger partial charge in [0, 0.05) is 12.5 Å². The summed E-state index contributed by atoms with van der Waals surface area (Å²) in [7, 11) is 0. The van der Waals surface area contributed by atoms with Crippen LogP contribution in [-0.4, -0.2) is 48.8 Å². The van der Waals surface area contributed by atoms with E-state index in [1.807, 2.05) is 35.2 Å². The van der Waals surface area contributed by atoms with E-state index in [4.69, 9.17) is 5.73 Å². The topological polar surface area (TPSA) is 105 Å². The molecule has 1 saturated heterocycles. The molecular weight excluding hydrogens is 380 g/mol. The Balaban J connectivity index is 1.51. The average Bonchev–Trinajstić information content (AvgIpc) is 2.75. The van der Waals surface area contributed by atoms with E-state index in [1.54, 1.807) is 24.3 Å². The van der Waals surface area contributed by atoms with E-state index in [1.165, 1.54) is 0 Å². The number of likely N-dealkylation sites (tertiary alicyclic amines) is 1. The van der Waals surface area contributed by atoms with Gasteiger partial charge in [0.25, 0.3) is 5.91 Å². The van der Waals surface area contributed by atoms with Gasteiger partial charge in [-0.2, -0.15) is 0 Å². The highest BCUT2D eigenvalue weighted by molar-refractivity contribution is 6.04. The molecule has 7 nitrogen and oxygen atoms in total. The number of primary amides is 1. The molecule has 1 heterocycles. The maximum Gasteiger partial charge on any atom is 0.253 e. The third kappa shape index (κ3) is 6.15. The van der Waals surface area contributed by atoms with Crippen LogP contribution in [0.5, 0.6) is 0 Å². The van der Waals surface area contributed by atoms with Crippen LogP contribution in [0.25, 0.3) is 0 Å². The molecule has 0 bridgehead atoms. The lowest BCUT2D eigenvalue weighted by Crippen LogP contribution is -2.42. The third-order valence-corrected chi connectivity index (χ3v) is 5.34. The summed E-state index contributed by atoms with van der Waals surface area (Å²) in [4.78, 5) is 38.4. The second-order valence-electron chi connectivity index (χ2n) is 7.54. The number of nitrogens with zero attached hydrogens (tertiary/aromatic N) is 1. The van der Waals surface area contributed by atoms with Gasteiger partial charge >= 0.3 is 0 Å². The van der Waals surface area contributed by atoms with E-state index < -0.39 is 0 Å². The Kier molecular flexibility index (Phi) is 7.57. The van der Waals surface area contributed by atoms with Crippen LogP contribution >= 0.6 is 0 Å². The molecule has 0 atom stereocenters. The molecule has 1 aliphatic heterocycles. The second-order valence-corrected chi connectivity index (χ2v) is 7.54. The van der Waals surface area contributed by atoms with Crippen molar-refractivity contribution in [2.24, 2.45) is 11.7 Å². The fourth-order valence-electron chi connectivity index (χ4n) is 3.62. The summed E-state index contributed by atoms with van der Waals surface area (Å²) in [5, 5.41) is 5.76. The van der Waals surface area contributed by atoms with Gasteiger partial charge in [0.2, 0.25) is 11.8 Å². The summed E-state index contributed by atoms with van der Waals surface area (Å²) in [5.41, 5.74) is 7.44. The lowest BCUT2D eigenvalue weighted by Gasteiger charge is -2.29. The molecule has 1 fully saturated rings. The quantitative estimate of drug-likeness (QED) is 0.619. The minimum atomic E-state index is -0.272. The minimum absolute atomic E-state index is 0.107. The molecule has 1 aliphatic rings. The minimum Gasteiger partial charge on any atom is -0.369 e. The highest BCUT2D eigenvalue weighted by Gasteiger charge is 2.24. The standard InChI is InChI=1S/C23H28N4O3/c24-22(29)18-11-14-27(15-12-18)16-21(28)26-20-9-5-4-8-19(20)23(30)25-13-10-17-6-2-1-3-7-17/h1-9,18H,10-16H2,(H2,24,29)(H,25,30)(H,26,28). The molecule has 3 rings (SSSR count). The molecule has 0 aromatic heterocycles. The van der Waals surface area contributed by atoms with Crippen LogP contribution in [-0.2, 0) is 16.0 Å². The van der Waals surface area contributed by atoms with Gasteiger partial charge in [0.15, 0.2) is 0 Å². The number of rotatable bonds is 8. The SMILES string of the molecule is NC(=O)C1CCN(CC(=O)Nc2ccccc2C(=O)NCCc2ccccc2)CC1. The normalized spacial score (nSPS) is 14.8. The number of carbonyl (C=O) groups is 3. The van der Waals surface area contributed by atoms with Crippen molar-refractivity contribution in [3.8, 4) is 0 Å². The van der Waals surface area contributed by atoms with E-state index in [0.29, 0.717) is 43.7 Å². The summed E-state index contributed by atoms with van der Waals surface area (Å²) in [5.74, 6) is -0.780. The predicted molar refractivity (Wildman–Crippen MR) is 116 cm³/mol. The fourth-order valence-corrected chi connectivity index (χ4v) is 3.62. The Labute approximate surface area is 176 Å². The summed E-state index contributed by atoms with van der Waals surface area (Å²) in [6.45, 7) is 2.04. The zero-order chi connectivity index (χ0) is 21.3. The van der Waals surface area contributed by atoms with Crippen LogP contribution in [0.15, 0.2) is 54.6 Å². The average molecular weight is 409 g/mol. The Bertz CT molecular complexity index is 877. The number of piperidine rings is 1. The lowest BCUT2D eigenvalue weighted by molar-refractivity contribution is -0.123. The monoisotopic (exact) mass is 408 g/mol. The van der Waals surface area contributed by atoms with E-state index in [2.05, 4.69) is 10.6 Å². The van der Waals surface area contributed by atoms with Gasteiger partial charge in [0.05, 0.1) is 17.8 Å². The zero-order valence-electron chi connectivity index (χ0n) is 17.0. The molecule has 2 aromatic carbocycles. The first kappa shape index (κ1) is 21.5. The summed E-state index contributed by atoms with van der Waals surface area (Å²) in [6, 6.07) is 16.9. The summed E-state index contributed by atoms with van der Waals surface area (Å²) in [6.07, 6.45) is 2.08. The largest absolute Gasteiger partial charge is 0.369 e. The number of hydrogen-bond acceptors (Lipinski definition) is 4. The van der Waals surface area contributed by atoms with Crippen LogP contribution in [0, 0.1) is 5.92 Å². The van der Waals surface area contributed by atoms with Crippen molar-refractivity contribution >= 4 is 23.4 Å². The maximum atomic E-state index is 12.6. The number of nitrogens with one attached hydrogen (secondary N) is 2. The smallest absolute Gasteiger partial charge is 0.253 e. The second kappa shape index (κ2) is 10.5. The Morgan fingerprint density at radius 2 is 1.63 bits per heavy atom. The number of para-hydroxylation sites is 1. The van der Waals surface area contributed by atoms with Gasteiger partial charge in [0.1, 0.15) is 0 Å². The predicted octanol–water partition coefficient (Wildman–Crippen LogP) is 1.79. The zero-order valence-corrected chi connectivity index (χ0v) is 17.0. The van der Waals surface area contributed by atoms with Crippen molar-refractivity contribution in [3.63, 3.8) is 0 Å². The van der Waals surface area contributed by atoms with Crippen LogP contribution in [0.3, 0.4) is 0 Å². The number of nitrogens with two attached hydrogens (primary N) is 1. The number of carbonyl (C=O) groups excluding carboxylic acids is 3. The van der Waals surface area contributed by atoms with Crippen molar-refractivity contribution in [1.82, 2.24) is 10.2 Å². The summed E-state index contributed by atoms with van der Waals surface area (Å²) < 4.78 is 0. The van der Waals surface area contributed by atoms with Gasteiger partial charge in [-0.3, -0.25) is 19.3 Å².